The predicted octanol–water partition coefficient (Wildman–Crippen LogP) is 3.14. The Balaban J connectivity index is 1.94. The summed E-state index contributed by atoms with van der Waals surface area (Å²) in [7, 11) is 0. The molecule has 1 heterocycles. The van der Waals surface area contributed by atoms with E-state index in [0.717, 1.165) is 17.9 Å². The van der Waals surface area contributed by atoms with Gasteiger partial charge in [0.05, 0.1) is 4.92 Å². The molecule has 1 aromatic rings. The number of thioether (sulfide) groups is 1. The van der Waals surface area contributed by atoms with Crippen LogP contribution in [0.15, 0.2) is 6.20 Å². The van der Waals surface area contributed by atoms with Crippen LogP contribution in [0.1, 0.15) is 25.7 Å². The van der Waals surface area contributed by atoms with Gasteiger partial charge in [0.25, 0.3) is 0 Å². The first kappa shape index (κ1) is 12.6. The highest BCUT2D eigenvalue weighted by Crippen LogP contribution is 2.40. The van der Waals surface area contributed by atoms with E-state index in [9.17, 15) is 10.1 Å². The molecule has 1 aliphatic carbocycles. The van der Waals surface area contributed by atoms with E-state index >= 15 is 0 Å². The number of aromatic nitrogens is 1. The van der Waals surface area contributed by atoms with Crippen LogP contribution in [-0.2, 0) is 0 Å². The zero-order valence-electron chi connectivity index (χ0n) is 9.64. The van der Waals surface area contributed by atoms with Crippen LogP contribution < -0.4 is 5.32 Å². The molecule has 17 heavy (non-hydrogen) atoms. The number of hydrogen-bond donors (Lipinski definition) is 1. The smallest absolute Gasteiger partial charge is 0.345 e. The van der Waals surface area contributed by atoms with E-state index in [4.69, 9.17) is 0 Å². The highest BCUT2D eigenvalue weighted by molar-refractivity contribution is 8.00. The lowest BCUT2D eigenvalue weighted by Crippen LogP contribution is -2.29. The Morgan fingerprint density at radius 3 is 2.88 bits per heavy atom. The van der Waals surface area contributed by atoms with Gasteiger partial charge in [-0.2, -0.15) is 11.8 Å². The fraction of sp³-hybridized carbons (Fsp3) is 0.700. The van der Waals surface area contributed by atoms with Gasteiger partial charge < -0.3 is 5.32 Å². The maximum atomic E-state index is 10.5. The van der Waals surface area contributed by atoms with Gasteiger partial charge in [-0.1, -0.05) is 12.8 Å². The maximum Gasteiger partial charge on any atom is 0.345 e. The van der Waals surface area contributed by atoms with Gasteiger partial charge in [-0.15, -0.1) is 0 Å². The lowest BCUT2D eigenvalue weighted by molar-refractivity contribution is -0.380. The van der Waals surface area contributed by atoms with E-state index in [1.54, 1.807) is 0 Å². The Kier molecular flexibility index (Phi) is 3.88. The molecule has 0 saturated heterocycles. The largest absolute Gasteiger partial charge is 0.360 e. The van der Waals surface area contributed by atoms with Crippen LogP contribution in [0.5, 0.6) is 0 Å². The molecule has 1 N–H and O–H groups in total. The molecule has 0 radical (unpaired) electrons. The average molecular weight is 273 g/mol. The number of nitrogens with zero attached hydrogens (tertiary/aromatic N) is 2. The lowest BCUT2D eigenvalue weighted by Gasteiger charge is -2.26. The van der Waals surface area contributed by atoms with Crippen molar-refractivity contribution in [2.24, 2.45) is 0 Å². The van der Waals surface area contributed by atoms with Crippen LogP contribution in [-0.4, -0.2) is 27.5 Å². The van der Waals surface area contributed by atoms with Crippen LogP contribution in [0.4, 0.5) is 10.1 Å². The minimum absolute atomic E-state index is 0.0946. The average Bonchev–Trinajstić information content (AvgIpc) is 2.96. The summed E-state index contributed by atoms with van der Waals surface area (Å²) in [6.45, 7) is 0.846. The minimum atomic E-state index is -0.400. The van der Waals surface area contributed by atoms with Crippen molar-refractivity contribution in [3.63, 3.8) is 0 Å². The zero-order chi connectivity index (χ0) is 12.3. The summed E-state index contributed by atoms with van der Waals surface area (Å²) in [6.07, 6.45) is 8.44. The normalized spacial score (nSPS) is 18.2. The number of nitrogens with one attached hydrogen (secondary N) is 1. The maximum absolute atomic E-state index is 10.5. The molecule has 0 amide bonds. The molecule has 1 aromatic heterocycles. The Labute approximate surface area is 108 Å². The van der Waals surface area contributed by atoms with E-state index in [1.165, 1.54) is 31.9 Å². The monoisotopic (exact) mass is 273 g/mol. The van der Waals surface area contributed by atoms with Crippen LogP contribution in [0.2, 0.25) is 0 Å². The molecule has 0 aromatic carbocycles. The second-order valence-electron chi connectivity index (χ2n) is 4.21. The van der Waals surface area contributed by atoms with Gasteiger partial charge in [-0.05, 0) is 30.4 Å². The summed E-state index contributed by atoms with van der Waals surface area (Å²) in [5.74, 6) is 0. The van der Waals surface area contributed by atoms with Crippen molar-refractivity contribution in [2.45, 2.75) is 30.4 Å². The van der Waals surface area contributed by atoms with E-state index in [1.807, 2.05) is 11.8 Å². The Hall–Kier alpha value is -0.820. The van der Waals surface area contributed by atoms with Crippen molar-refractivity contribution in [3.8, 4) is 0 Å². The quantitative estimate of drug-likeness (QED) is 0.659. The molecule has 1 aliphatic rings. The highest BCUT2D eigenvalue weighted by atomic mass is 32.2. The topological polar surface area (TPSA) is 68.1 Å². The van der Waals surface area contributed by atoms with Gasteiger partial charge in [0.2, 0.25) is 0 Å². The second kappa shape index (κ2) is 5.22. The second-order valence-corrected chi connectivity index (χ2v) is 6.49. The van der Waals surface area contributed by atoms with Crippen LogP contribution in [0.25, 0.3) is 0 Å². The van der Waals surface area contributed by atoms with Crippen molar-refractivity contribution in [3.05, 3.63) is 16.3 Å². The van der Waals surface area contributed by atoms with Crippen molar-refractivity contribution in [1.29, 1.82) is 0 Å². The Morgan fingerprint density at radius 1 is 1.65 bits per heavy atom. The third-order valence-corrected chi connectivity index (χ3v) is 5.51. The lowest BCUT2D eigenvalue weighted by atomic mass is 10.1. The van der Waals surface area contributed by atoms with Gasteiger partial charge in [0.15, 0.2) is 5.13 Å². The van der Waals surface area contributed by atoms with E-state index in [-0.39, 0.29) is 5.00 Å². The molecule has 0 spiro atoms. The molecule has 1 saturated carbocycles. The molecule has 7 heteroatoms. The first-order valence-corrected chi connectivity index (χ1v) is 7.59. The van der Waals surface area contributed by atoms with E-state index < -0.39 is 4.92 Å². The van der Waals surface area contributed by atoms with Crippen LogP contribution >= 0.6 is 23.1 Å². The summed E-state index contributed by atoms with van der Waals surface area (Å²) in [5, 5.41) is 14.5. The molecule has 2 rings (SSSR count). The summed E-state index contributed by atoms with van der Waals surface area (Å²) in [5.41, 5.74) is 0. The summed E-state index contributed by atoms with van der Waals surface area (Å²) < 4.78 is 0.292. The molecule has 0 aliphatic heterocycles. The molecule has 0 atom stereocenters. The zero-order valence-corrected chi connectivity index (χ0v) is 11.3. The number of nitro groups is 1. The van der Waals surface area contributed by atoms with Gasteiger partial charge in [0.1, 0.15) is 6.20 Å². The molecule has 94 valence electrons. The minimum Gasteiger partial charge on any atom is -0.360 e. The first-order valence-electron chi connectivity index (χ1n) is 5.54. The summed E-state index contributed by atoms with van der Waals surface area (Å²) in [4.78, 5) is 14.2. The molecule has 5 nitrogen and oxygen atoms in total. The summed E-state index contributed by atoms with van der Waals surface area (Å²) >= 11 is 3.00. The Morgan fingerprint density at radius 2 is 2.35 bits per heavy atom. The predicted molar refractivity (Wildman–Crippen MR) is 72.0 cm³/mol. The fourth-order valence-corrected chi connectivity index (χ4v) is 3.68. The summed E-state index contributed by atoms with van der Waals surface area (Å²) in [6, 6.07) is 0. The van der Waals surface area contributed by atoms with E-state index in [2.05, 4.69) is 16.6 Å². The van der Waals surface area contributed by atoms with E-state index in [0.29, 0.717) is 9.88 Å². The fourth-order valence-electron chi connectivity index (χ4n) is 2.14. The van der Waals surface area contributed by atoms with Gasteiger partial charge in [-0.3, -0.25) is 10.1 Å². The van der Waals surface area contributed by atoms with Crippen LogP contribution in [0, 0.1) is 10.1 Å². The van der Waals surface area contributed by atoms with Gasteiger partial charge >= 0.3 is 5.00 Å². The van der Waals surface area contributed by atoms with Crippen LogP contribution in [0.3, 0.4) is 0 Å². The number of rotatable bonds is 5. The molecular weight excluding hydrogens is 258 g/mol. The highest BCUT2D eigenvalue weighted by Gasteiger charge is 2.32. The number of hydrogen-bond acceptors (Lipinski definition) is 6. The number of anilines is 1. The van der Waals surface area contributed by atoms with Gasteiger partial charge in [0, 0.05) is 11.3 Å². The Bertz CT molecular complexity index is 402. The standard InChI is InChI=1S/C10H15N3O2S2/c1-16-10(4-2-3-5-10)7-12-9-11-6-8(17-9)13(14)15/h6H,2-5,7H2,1H3,(H,11,12). The van der Waals surface area contributed by atoms with Gasteiger partial charge in [-0.25, -0.2) is 4.98 Å². The first-order chi connectivity index (χ1) is 8.15. The van der Waals surface area contributed by atoms with Crippen molar-refractivity contribution in [1.82, 2.24) is 4.98 Å². The number of thiazole rings is 1. The SMILES string of the molecule is CSC1(CNc2ncc([N+](=O)[O-])s2)CCCC1. The third-order valence-electron chi connectivity index (χ3n) is 3.18. The molecule has 0 bridgehead atoms. The van der Waals surface area contributed by atoms with Crippen molar-refractivity contribution >= 4 is 33.2 Å². The molecular formula is C10H15N3O2S2. The molecule has 1 fully saturated rings. The van der Waals surface area contributed by atoms with Crippen molar-refractivity contribution in [2.75, 3.05) is 18.1 Å². The molecule has 0 unspecified atom stereocenters. The van der Waals surface area contributed by atoms with Crippen molar-refractivity contribution < 1.29 is 4.92 Å². The third kappa shape index (κ3) is 2.90.